The molecule has 0 radical (unpaired) electrons. The summed E-state index contributed by atoms with van der Waals surface area (Å²) in [6, 6.07) is 2.49. The fourth-order valence-electron chi connectivity index (χ4n) is 2.40. The lowest BCUT2D eigenvalue weighted by Crippen LogP contribution is -2.48. The third-order valence-electron chi connectivity index (χ3n) is 3.54. The fourth-order valence-corrected chi connectivity index (χ4v) is 2.40. The number of nitrogens with zero attached hydrogens (tertiary/aromatic N) is 2. The summed E-state index contributed by atoms with van der Waals surface area (Å²) in [7, 11) is 0. The van der Waals surface area contributed by atoms with Crippen molar-refractivity contribution in [3.8, 4) is 6.07 Å². The Labute approximate surface area is 119 Å². The molecule has 0 spiro atoms. The van der Waals surface area contributed by atoms with E-state index in [9.17, 15) is 9.59 Å². The number of ether oxygens (including phenoxy) is 1. The third kappa shape index (κ3) is 3.70. The summed E-state index contributed by atoms with van der Waals surface area (Å²) in [5, 5.41) is 11.2. The lowest BCUT2D eigenvalue weighted by atomic mass is 10.0. The highest BCUT2D eigenvalue weighted by Gasteiger charge is 2.49. The topological polar surface area (TPSA) is 82.4 Å². The number of likely N-dealkylation sites (tertiary alicyclic amines) is 1. The molecular weight excluding hydrogens is 258 g/mol. The summed E-state index contributed by atoms with van der Waals surface area (Å²) >= 11 is 0. The maximum absolute atomic E-state index is 11.9. The number of alkyl carbamates (subject to hydrolysis) is 1. The Kier molecular flexibility index (Phi) is 4.00. The Morgan fingerprint density at radius 2 is 2.05 bits per heavy atom. The van der Waals surface area contributed by atoms with Crippen LogP contribution in [-0.4, -0.2) is 48.1 Å². The van der Waals surface area contributed by atoms with Gasteiger partial charge in [0.25, 0.3) is 0 Å². The van der Waals surface area contributed by atoms with Crippen molar-refractivity contribution in [3.05, 3.63) is 0 Å². The molecule has 2 aliphatic rings. The van der Waals surface area contributed by atoms with Crippen molar-refractivity contribution in [1.82, 2.24) is 10.2 Å². The number of carbonyl (C=O) groups excluding carboxylic acids is 2. The van der Waals surface area contributed by atoms with Crippen LogP contribution < -0.4 is 5.32 Å². The van der Waals surface area contributed by atoms with E-state index in [1.165, 1.54) is 0 Å². The molecule has 1 aliphatic heterocycles. The number of nitrogens with one attached hydrogen (secondary N) is 1. The first kappa shape index (κ1) is 14.8. The Bertz CT molecular complexity index is 444. The van der Waals surface area contributed by atoms with Gasteiger partial charge in [-0.05, 0) is 27.2 Å². The number of Topliss-reactive ketones (excluding diaryl/α,β-unsaturated/α-hetero) is 1. The molecule has 0 aromatic carbocycles. The van der Waals surface area contributed by atoms with Gasteiger partial charge in [-0.3, -0.25) is 9.69 Å². The molecule has 1 N–H and O–H groups in total. The van der Waals surface area contributed by atoms with Gasteiger partial charge in [0.1, 0.15) is 5.60 Å². The second kappa shape index (κ2) is 5.41. The molecule has 110 valence electrons. The zero-order valence-electron chi connectivity index (χ0n) is 12.2. The first-order valence-electron chi connectivity index (χ1n) is 6.93. The maximum atomic E-state index is 11.9. The van der Waals surface area contributed by atoms with Crippen LogP contribution in [0.25, 0.3) is 0 Å². The van der Waals surface area contributed by atoms with Crippen molar-refractivity contribution in [3.63, 3.8) is 0 Å². The van der Waals surface area contributed by atoms with Crippen LogP contribution in [0.2, 0.25) is 0 Å². The SMILES string of the molecule is CC(C)(C)OC(=O)NCC(=O)C1CC1N1CC(C#N)C1. The minimum atomic E-state index is -0.559. The van der Waals surface area contributed by atoms with Crippen molar-refractivity contribution in [2.75, 3.05) is 19.6 Å². The second-order valence-corrected chi connectivity index (χ2v) is 6.51. The van der Waals surface area contributed by atoms with E-state index in [2.05, 4.69) is 16.3 Å². The van der Waals surface area contributed by atoms with E-state index < -0.39 is 11.7 Å². The fraction of sp³-hybridized carbons (Fsp3) is 0.786. The van der Waals surface area contributed by atoms with E-state index in [-0.39, 0.29) is 30.2 Å². The van der Waals surface area contributed by atoms with Gasteiger partial charge in [-0.2, -0.15) is 5.26 Å². The van der Waals surface area contributed by atoms with E-state index in [0.29, 0.717) is 0 Å². The molecule has 2 atom stereocenters. The van der Waals surface area contributed by atoms with E-state index in [1.807, 2.05) is 0 Å². The number of hydrogen-bond acceptors (Lipinski definition) is 5. The zero-order chi connectivity index (χ0) is 14.9. The second-order valence-electron chi connectivity index (χ2n) is 6.51. The van der Waals surface area contributed by atoms with Gasteiger partial charge in [0.2, 0.25) is 0 Å². The normalized spacial score (nSPS) is 26.3. The van der Waals surface area contributed by atoms with E-state index in [0.717, 1.165) is 19.5 Å². The monoisotopic (exact) mass is 279 g/mol. The summed E-state index contributed by atoms with van der Waals surface area (Å²) in [6.45, 7) is 6.89. The predicted molar refractivity (Wildman–Crippen MR) is 71.8 cm³/mol. The van der Waals surface area contributed by atoms with Crippen LogP contribution in [0.1, 0.15) is 27.2 Å². The Hall–Kier alpha value is -1.61. The molecule has 1 saturated carbocycles. The molecule has 2 unspecified atom stereocenters. The molecule has 6 nitrogen and oxygen atoms in total. The van der Waals surface area contributed by atoms with E-state index in [1.54, 1.807) is 20.8 Å². The summed E-state index contributed by atoms with van der Waals surface area (Å²) in [5.41, 5.74) is -0.556. The molecule has 1 saturated heterocycles. The summed E-state index contributed by atoms with van der Waals surface area (Å²) in [6.07, 6.45) is 0.282. The summed E-state index contributed by atoms with van der Waals surface area (Å²) in [4.78, 5) is 25.5. The largest absolute Gasteiger partial charge is 0.444 e. The highest BCUT2D eigenvalue weighted by atomic mass is 16.6. The third-order valence-corrected chi connectivity index (χ3v) is 3.54. The number of rotatable bonds is 4. The molecule has 2 fully saturated rings. The molecule has 0 aromatic heterocycles. The standard InChI is InChI=1S/C14H21N3O3/c1-14(2,3)20-13(19)16-6-12(18)10-4-11(10)17-7-9(5-15)8-17/h9-11H,4,6-8H2,1-3H3,(H,16,19). The van der Waals surface area contributed by atoms with Crippen LogP contribution in [-0.2, 0) is 9.53 Å². The Morgan fingerprint density at radius 3 is 2.60 bits per heavy atom. The number of carbonyl (C=O) groups is 2. The molecule has 1 amide bonds. The van der Waals surface area contributed by atoms with Crippen molar-refractivity contribution >= 4 is 11.9 Å². The van der Waals surface area contributed by atoms with Crippen LogP contribution >= 0.6 is 0 Å². The smallest absolute Gasteiger partial charge is 0.408 e. The van der Waals surface area contributed by atoms with Crippen molar-refractivity contribution < 1.29 is 14.3 Å². The van der Waals surface area contributed by atoms with Gasteiger partial charge in [0.15, 0.2) is 5.78 Å². The van der Waals surface area contributed by atoms with Gasteiger partial charge >= 0.3 is 6.09 Å². The molecule has 20 heavy (non-hydrogen) atoms. The minimum absolute atomic E-state index is 0.00424. The summed E-state index contributed by atoms with van der Waals surface area (Å²) < 4.78 is 5.07. The number of hydrogen-bond donors (Lipinski definition) is 1. The predicted octanol–water partition coefficient (Wildman–Crippen LogP) is 0.924. The van der Waals surface area contributed by atoms with E-state index in [4.69, 9.17) is 10.00 Å². The first-order chi connectivity index (χ1) is 9.30. The molecule has 0 bridgehead atoms. The van der Waals surface area contributed by atoms with Gasteiger partial charge in [-0.15, -0.1) is 0 Å². The molecule has 2 rings (SSSR count). The van der Waals surface area contributed by atoms with Crippen molar-refractivity contribution in [2.24, 2.45) is 11.8 Å². The summed E-state index contributed by atoms with van der Waals surface area (Å²) in [5.74, 6) is 0.164. The molecule has 1 aliphatic carbocycles. The number of nitriles is 1. The van der Waals surface area contributed by atoms with Gasteiger partial charge < -0.3 is 10.1 Å². The van der Waals surface area contributed by atoms with Gasteiger partial charge in [0.05, 0.1) is 18.5 Å². The lowest BCUT2D eigenvalue weighted by Gasteiger charge is -2.35. The van der Waals surface area contributed by atoms with Crippen molar-refractivity contribution in [2.45, 2.75) is 38.8 Å². The lowest BCUT2D eigenvalue weighted by molar-refractivity contribution is -0.120. The van der Waals surface area contributed by atoms with Crippen LogP contribution in [0, 0.1) is 23.2 Å². The molecular formula is C14H21N3O3. The van der Waals surface area contributed by atoms with Gasteiger partial charge in [0, 0.05) is 25.0 Å². The van der Waals surface area contributed by atoms with Gasteiger partial charge in [-0.25, -0.2) is 4.79 Å². The van der Waals surface area contributed by atoms with Crippen molar-refractivity contribution in [1.29, 1.82) is 5.26 Å². The van der Waals surface area contributed by atoms with Gasteiger partial charge in [-0.1, -0.05) is 0 Å². The van der Waals surface area contributed by atoms with Crippen LogP contribution in [0.4, 0.5) is 4.79 Å². The van der Waals surface area contributed by atoms with Crippen LogP contribution in [0.5, 0.6) is 0 Å². The molecule has 0 aromatic rings. The minimum Gasteiger partial charge on any atom is -0.444 e. The molecule has 6 heteroatoms. The average Bonchev–Trinajstić information content (AvgIpc) is 3.02. The highest BCUT2D eigenvalue weighted by Crippen LogP contribution is 2.39. The first-order valence-corrected chi connectivity index (χ1v) is 6.93. The zero-order valence-corrected chi connectivity index (χ0v) is 12.2. The van der Waals surface area contributed by atoms with Crippen LogP contribution in [0.3, 0.4) is 0 Å². The number of ketones is 1. The highest BCUT2D eigenvalue weighted by molar-refractivity contribution is 5.88. The Morgan fingerprint density at radius 1 is 1.40 bits per heavy atom. The maximum Gasteiger partial charge on any atom is 0.408 e. The quantitative estimate of drug-likeness (QED) is 0.827. The van der Waals surface area contributed by atoms with Crippen LogP contribution in [0.15, 0.2) is 0 Å². The Balaban J connectivity index is 1.65. The molecule has 1 heterocycles. The average molecular weight is 279 g/mol. The van der Waals surface area contributed by atoms with E-state index >= 15 is 0 Å². The number of amides is 1.